The van der Waals surface area contributed by atoms with Crippen LogP contribution >= 0.6 is 0 Å². The summed E-state index contributed by atoms with van der Waals surface area (Å²) in [7, 11) is -3.74. The lowest BCUT2D eigenvalue weighted by atomic mass is 10.1. The molecule has 0 bridgehead atoms. The number of nitrogens with one attached hydrogen (secondary N) is 2. The molecule has 0 saturated heterocycles. The number of sulfonamides is 1. The van der Waals surface area contributed by atoms with E-state index in [0.717, 1.165) is 0 Å². The van der Waals surface area contributed by atoms with Gasteiger partial charge in [0, 0.05) is 11.1 Å². The summed E-state index contributed by atoms with van der Waals surface area (Å²) < 4.78 is 32.4. The van der Waals surface area contributed by atoms with Gasteiger partial charge in [-0.15, -0.1) is 0 Å². The molecule has 0 fully saturated rings. The molecule has 0 radical (unpaired) electrons. The number of carbonyl (C=O) groups excluding carboxylic acids is 3. The fraction of sp³-hybridized carbons (Fsp3) is 0.318. The highest BCUT2D eigenvalue weighted by molar-refractivity contribution is 7.89. The average Bonchev–Trinajstić information content (AvgIpc) is 2.66. The van der Waals surface area contributed by atoms with Crippen molar-refractivity contribution < 1.29 is 27.5 Å². The predicted octanol–water partition coefficient (Wildman–Crippen LogP) is 3.15. The molecule has 0 spiro atoms. The molecular weight excluding hydrogens is 420 g/mol. The summed E-state index contributed by atoms with van der Waals surface area (Å²) in [6.07, 6.45) is -1.14. The van der Waals surface area contributed by atoms with Crippen LogP contribution in [0.1, 0.15) is 55.3 Å². The third-order valence-electron chi connectivity index (χ3n) is 4.06. The highest BCUT2D eigenvalue weighted by Gasteiger charge is 2.23. The molecule has 2 aromatic carbocycles. The van der Waals surface area contributed by atoms with E-state index in [0.29, 0.717) is 11.3 Å². The number of anilines is 1. The number of rotatable bonds is 7. The van der Waals surface area contributed by atoms with Crippen molar-refractivity contribution in [3.63, 3.8) is 0 Å². The van der Waals surface area contributed by atoms with Crippen LogP contribution in [0.5, 0.6) is 0 Å². The molecule has 2 N–H and O–H groups in total. The summed E-state index contributed by atoms with van der Waals surface area (Å²) in [5.74, 6) is -1.60. The SMILES string of the molecule is CC(=O)c1ccccc1NC(=O)C(C)OC(=O)c1ccc(S(=O)(=O)NC(C)(C)C)cc1. The number of benzene rings is 2. The Hall–Kier alpha value is -3.04. The van der Waals surface area contributed by atoms with Crippen molar-refractivity contribution in [3.8, 4) is 0 Å². The van der Waals surface area contributed by atoms with Crippen molar-refractivity contribution in [1.29, 1.82) is 0 Å². The largest absolute Gasteiger partial charge is 0.449 e. The summed E-state index contributed by atoms with van der Waals surface area (Å²) >= 11 is 0. The lowest BCUT2D eigenvalue weighted by Gasteiger charge is -2.20. The molecule has 31 heavy (non-hydrogen) atoms. The van der Waals surface area contributed by atoms with E-state index in [1.54, 1.807) is 45.0 Å². The summed E-state index contributed by atoms with van der Waals surface area (Å²) in [5.41, 5.74) is 0.109. The van der Waals surface area contributed by atoms with Gasteiger partial charge in [0.25, 0.3) is 5.91 Å². The Labute approximate surface area is 182 Å². The van der Waals surface area contributed by atoms with Crippen molar-refractivity contribution in [2.45, 2.75) is 51.2 Å². The Morgan fingerprint density at radius 3 is 2.10 bits per heavy atom. The number of carbonyl (C=O) groups is 3. The van der Waals surface area contributed by atoms with E-state index in [2.05, 4.69) is 10.0 Å². The van der Waals surface area contributed by atoms with Gasteiger partial charge < -0.3 is 10.1 Å². The number of ketones is 1. The van der Waals surface area contributed by atoms with E-state index < -0.39 is 33.5 Å². The van der Waals surface area contributed by atoms with E-state index in [9.17, 15) is 22.8 Å². The monoisotopic (exact) mass is 446 g/mol. The van der Waals surface area contributed by atoms with Gasteiger partial charge in [0.05, 0.1) is 16.1 Å². The van der Waals surface area contributed by atoms with Crippen molar-refractivity contribution in [2.24, 2.45) is 0 Å². The maximum Gasteiger partial charge on any atom is 0.338 e. The van der Waals surface area contributed by atoms with E-state index in [1.165, 1.54) is 38.1 Å². The molecule has 2 rings (SSSR count). The quantitative estimate of drug-likeness (QED) is 0.498. The number of amides is 1. The van der Waals surface area contributed by atoms with Gasteiger partial charge in [0.15, 0.2) is 11.9 Å². The second-order valence-corrected chi connectivity index (χ2v) is 9.70. The highest BCUT2D eigenvalue weighted by atomic mass is 32.2. The number of ether oxygens (including phenoxy) is 1. The van der Waals surface area contributed by atoms with Crippen molar-refractivity contribution in [3.05, 3.63) is 59.7 Å². The predicted molar refractivity (Wildman–Crippen MR) is 116 cm³/mol. The second-order valence-electron chi connectivity index (χ2n) is 8.02. The van der Waals surface area contributed by atoms with Crippen LogP contribution in [0.15, 0.2) is 53.4 Å². The van der Waals surface area contributed by atoms with Crippen LogP contribution in [0.25, 0.3) is 0 Å². The van der Waals surface area contributed by atoms with Gasteiger partial charge in [0.2, 0.25) is 10.0 Å². The minimum absolute atomic E-state index is 0.00519. The third-order valence-corrected chi connectivity index (χ3v) is 5.83. The van der Waals surface area contributed by atoms with Crippen LogP contribution in [0, 0.1) is 0 Å². The smallest absolute Gasteiger partial charge is 0.338 e. The minimum Gasteiger partial charge on any atom is -0.449 e. The van der Waals surface area contributed by atoms with E-state index in [-0.39, 0.29) is 16.2 Å². The Bertz CT molecular complexity index is 1090. The molecule has 0 aliphatic heterocycles. The molecule has 0 heterocycles. The van der Waals surface area contributed by atoms with E-state index in [1.807, 2.05) is 0 Å². The van der Waals surface area contributed by atoms with Crippen LogP contribution in [0.2, 0.25) is 0 Å². The van der Waals surface area contributed by atoms with Gasteiger partial charge in [-0.25, -0.2) is 17.9 Å². The van der Waals surface area contributed by atoms with Crippen molar-refractivity contribution in [2.75, 3.05) is 5.32 Å². The number of Topliss-reactive ketones (excluding diaryl/α,β-unsaturated/α-hetero) is 1. The van der Waals surface area contributed by atoms with Crippen LogP contribution in [-0.4, -0.2) is 37.7 Å². The normalized spacial score (nSPS) is 12.7. The van der Waals surface area contributed by atoms with E-state index >= 15 is 0 Å². The molecule has 9 heteroatoms. The van der Waals surface area contributed by atoms with Crippen LogP contribution < -0.4 is 10.0 Å². The molecular formula is C22H26N2O6S. The average molecular weight is 447 g/mol. The molecule has 0 saturated carbocycles. The van der Waals surface area contributed by atoms with Crippen molar-refractivity contribution in [1.82, 2.24) is 4.72 Å². The van der Waals surface area contributed by atoms with Gasteiger partial charge in [-0.1, -0.05) is 12.1 Å². The second kappa shape index (κ2) is 9.40. The van der Waals surface area contributed by atoms with Crippen LogP contribution in [-0.2, 0) is 19.6 Å². The van der Waals surface area contributed by atoms with Gasteiger partial charge in [-0.2, -0.15) is 0 Å². The Morgan fingerprint density at radius 2 is 1.55 bits per heavy atom. The van der Waals surface area contributed by atoms with Gasteiger partial charge in [0.1, 0.15) is 0 Å². The number of para-hydroxylation sites is 1. The zero-order chi connectivity index (χ0) is 23.4. The molecule has 8 nitrogen and oxygen atoms in total. The summed E-state index contributed by atoms with van der Waals surface area (Å²) in [5, 5.41) is 2.57. The first-order chi connectivity index (χ1) is 14.3. The third kappa shape index (κ3) is 6.73. The molecule has 1 unspecified atom stereocenters. The first kappa shape index (κ1) is 24.2. The molecule has 0 aromatic heterocycles. The Balaban J connectivity index is 2.06. The van der Waals surface area contributed by atoms with Gasteiger partial charge >= 0.3 is 5.97 Å². The minimum atomic E-state index is -3.74. The Kier molecular flexibility index (Phi) is 7.35. The fourth-order valence-corrected chi connectivity index (χ4v) is 4.07. The standard InChI is InChI=1S/C22H26N2O6S/c1-14(25)18-8-6-7-9-19(18)23-20(26)15(2)30-21(27)16-10-12-17(13-11-16)31(28,29)24-22(3,4)5/h6-13,15,24H,1-5H3,(H,23,26). The zero-order valence-electron chi connectivity index (χ0n) is 18.1. The molecule has 0 aliphatic rings. The highest BCUT2D eigenvalue weighted by Crippen LogP contribution is 2.17. The topological polar surface area (TPSA) is 119 Å². The maximum absolute atomic E-state index is 12.4. The molecule has 1 atom stereocenters. The van der Waals surface area contributed by atoms with E-state index in [4.69, 9.17) is 4.74 Å². The van der Waals surface area contributed by atoms with Crippen molar-refractivity contribution >= 4 is 33.4 Å². The number of esters is 1. The number of hydrogen-bond acceptors (Lipinski definition) is 6. The first-order valence-electron chi connectivity index (χ1n) is 9.56. The van der Waals surface area contributed by atoms with Crippen LogP contribution in [0.3, 0.4) is 0 Å². The van der Waals surface area contributed by atoms with Crippen LogP contribution in [0.4, 0.5) is 5.69 Å². The summed E-state index contributed by atoms with van der Waals surface area (Å²) in [6.45, 7) is 7.94. The lowest BCUT2D eigenvalue weighted by molar-refractivity contribution is -0.123. The van der Waals surface area contributed by atoms with Gasteiger partial charge in [-0.05, 0) is 71.0 Å². The first-order valence-corrected chi connectivity index (χ1v) is 11.0. The molecule has 0 aliphatic carbocycles. The summed E-state index contributed by atoms with van der Waals surface area (Å²) in [4.78, 5) is 36.4. The van der Waals surface area contributed by atoms with Gasteiger partial charge in [-0.3, -0.25) is 9.59 Å². The number of hydrogen-bond donors (Lipinski definition) is 2. The Morgan fingerprint density at radius 1 is 0.968 bits per heavy atom. The zero-order valence-corrected chi connectivity index (χ0v) is 18.9. The summed E-state index contributed by atoms with van der Waals surface area (Å²) in [6, 6.07) is 11.7. The molecule has 166 valence electrons. The maximum atomic E-state index is 12.4. The fourth-order valence-electron chi connectivity index (χ4n) is 2.65. The lowest BCUT2D eigenvalue weighted by Crippen LogP contribution is -2.40. The molecule has 1 amide bonds. The molecule has 2 aromatic rings.